The molecule has 1 atom stereocenters. The van der Waals surface area contributed by atoms with Gasteiger partial charge in [-0.2, -0.15) is 0 Å². The van der Waals surface area contributed by atoms with E-state index in [2.05, 4.69) is 4.98 Å². The van der Waals surface area contributed by atoms with E-state index in [0.717, 1.165) is 6.42 Å². The lowest BCUT2D eigenvalue weighted by Crippen LogP contribution is -2.41. The molecule has 2 fully saturated rings. The highest BCUT2D eigenvalue weighted by molar-refractivity contribution is 5.94. The molecule has 3 heterocycles. The quantitative estimate of drug-likeness (QED) is 0.876. The molecule has 3 rings (SSSR count). The number of ether oxygens (including phenoxy) is 2. The number of aromatic nitrogens is 1. The van der Waals surface area contributed by atoms with Crippen molar-refractivity contribution < 1.29 is 19.1 Å². The number of pyridine rings is 1. The molecule has 2 aliphatic rings. The molecule has 124 valence electrons. The van der Waals surface area contributed by atoms with E-state index < -0.39 is 0 Å². The number of hydrogen-bond acceptors (Lipinski definition) is 5. The largest absolute Gasteiger partial charge is 0.472 e. The van der Waals surface area contributed by atoms with Crippen LogP contribution in [0.3, 0.4) is 0 Å². The third-order valence-electron chi connectivity index (χ3n) is 4.34. The molecule has 0 aliphatic carbocycles. The van der Waals surface area contributed by atoms with Crippen molar-refractivity contribution >= 4 is 11.8 Å². The zero-order valence-corrected chi connectivity index (χ0v) is 12.9. The smallest absolute Gasteiger partial charge is 0.254 e. The van der Waals surface area contributed by atoms with E-state index in [4.69, 9.17) is 15.2 Å². The molecule has 1 aromatic rings. The number of hydrogen-bond donors (Lipinski definition) is 1. The summed E-state index contributed by atoms with van der Waals surface area (Å²) in [7, 11) is 0. The number of likely N-dealkylation sites (tertiary alicyclic amines) is 1. The van der Waals surface area contributed by atoms with Crippen LogP contribution < -0.4 is 10.5 Å². The predicted octanol–water partition coefficient (Wildman–Crippen LogP) is 0.587. The second kappa shape index (κ2) is 6.95. The summed E-state index contributed by atoms with van der Waals surface area (Å²) in [6.45, 7) is 2.33. The monoisotopic (exact) mass is 319 g/mol. The Balaban J connectivity index is 1.62. The molecule has 2 saturated heterocycles. The lowest BCUT2D eigenvalue weighted by atomic mass is 9.96. The van der Waals surface area contributed by atoms with Crippen molar-refractivity contribution in [1.29, 1.82) is 0 Å². The standard InChI is InChI=1S/C16H21N3O4/c17-15(20)11-2-6-19(7-3-11)16(21)12-1-5-18-14(9-12)23-13-4-8-22-10-13/h1,5,9,11,13H,2-4,6-8,10H2,(H2,17,20). The predicted molar refractivity (Wildman–Crippen MR) is 81.9 cm³/mol. The summed E-state index contributed by atoms with van der Waals surface area (Å²) in [4.78, 5) is 29.7. The molecule has 2 amide bonds. The Labute approximate surface area is 134 Å². The third kappa shape index (κ3) is 3.79. The average molecular weight is 319 g/mol. The first kappa shape index (κ1) is 15.7. The van der Waals surface area contributed by atoms with Gasteiger partial charge in [0, 0.05) is 43.3 Å². The van der Waals surface area contributed by atoms with E-state index in [0.29, 0.717) is 50.6 Å². The highest BCUT2D eigenvalue weighted by Crippen LogP contribution is 2.21. The maximum absolute atomic E-state index is 12.6. The molecular weight excluding hydrogens is 298 g/mol. The van der Waals surface area contributed by atoms with Crippen LogP contribution in [0.4, 0.5) is 0 Å². The zero-order chi connectivity index (χ0) is 16.2. The fourth-order valence-corrected chi connectivity index (χ4v) is 2.93. The van der Waals surface area contributed by atoms with Crippen LogP contribution in [-0.2, 0) is 9.53 Å². The first-order valence-electron chi connectivity index (χ1n) is 7.92. The van der Waals surface area contributed by atoms with Crippen molar-refractivity contribution in [2.45, 2.75) is 25.4 Å². The Hall–Kier alpha value is -2.15. The fourth-order valence-electron chi connectivity index (χ4n) is 2.93. The molecule has 2 aliphatic heterocycles. The summed E-state index contributed by atoms with van der Waals surface area (Å²) in [5, 5.41) is 0. The van der Waals surface area contributed by atoms with Gasteiger partial charge < -0.3 is 20.1 Å². The van der Waals surface area contributed by atoms with Gasteiger partial charge in [0.25, 0.3) is 5.91 Å². The Bertz CT molecular complexity index is 578. The molecule has 0 spiro atoms. The van der Waals surface area contributed by atoms with Crippen molar-refractivity contribution in [3.8, 4) is 5.88 Å². The average Bonchev–Trinajstić information content (AvgIpc) is 3.07. The Kier molecular flexibility index (Phi) is 4.76. The number of piperidine rings is 1. The first-order chi connectivity index (χ1) is 11.1. The number of primary amides is 1. The third-order valence-corrected chi connectivity index (χ3v) is 4.34. The van der Waals surface area contributed by atoms with Crippen LogP contribution >= 0.6 is 0 Å². The molecule has 2 N–H and O–H groups in total. The van der Waals surface area contributed by atoms with Gasteiger partial charge >= 0.3 is 0 Å². The lowest BCUT2D eigenvalue weighted by molar-refractivity contribution is -0.123. The van der Waals surface area contributed by atoms with Gasteiger partial charge in [0.2, 0.25) is 11.8 Å². The van der Waals surface area contributed by atoms with Crippen LogP contribution in [-0.4, -0.2) is 54.1 Å². The summed E-state index contributed by atoms with van der Waals surface area (Å²) in [6.07, 6.45) is 3.65. The second-order valence-electron chi connectivity index (χ2n) is 5.96. The molecule has 0 radical (unpaired) electrons. The summed E-state index contributed by atoms with van der Waals surface area (Å²) in [6, 6.07) is 3.35. The Morgan fingerprint density at radius 3 is 2.74 bits per heavy atom. The summed E-state index contributed by atoms with van der Waals surface area (Å²) >= 11 is 0. The molecule has 0 saturated carbocycles. The molecule has 23 heavy (non-hydrogen) atoms. The van der Waals surface area contributed by atoms with Crippen molar-refractivity contribution in [3.05, 3.63) is 23.9 Å². The van der Waals surface area contributed by atoms with E-state index in [9.17, 15) is 9.59 Å². The highest BCUT2D eigenvalue weighted by Gasteiger charge is 2.27. The van der Waals surface area contributed by atoms with Gasteiger partial charge in [-0.1, -0.05) is 0 Å². The van der Waals surface area contributed by atoms with Gasteiger partial charge in [-0.25, -0.2) is 4.98 Å². The van der Waals surface area contributed by atoms with E-state index in [1.165, 1.54) is 0 Å². The topological polar surface area (TPSA) is 94.8 Å². The molecule has 1 unspecified atom stereocenters. The van der Waals surface area contributed by atoms with Gasteiger partial charge in [-0.3, -0.25) is 9.59 Å². The van der Waals surface area contributed by atoms with Crippen LogP contribution in [0.15, 0.2) is 18.3 Å². The molecule has 0 bridgehead atoms. The van der Waals surface area contributed by atoms with Crippen molar-refractivity contribution in [3.63, 3.8) is 0 Å². The maximum Gasteiger partial charge on any atom is 0.254 e. The van der Waals surface area contributed by atoms with E-state index in [1.807, 2.05) is 0 Å². The minimum absolute atomic E-state index is 0.000775. The normalized spacial score (nSPS) is 22.1. The second-order valence-corrected chi connectivity index (χ2v) is 5.96. The van der Waals surface area contributed by atoms with Gasteiger partial charge in [0.1, 0.15) is 6.10 Å². The molecule has 0 aromatic carbocycles. The summed E-state index contributed by atoms with van der Waals surface area (Å²) in [5.41, 5.74) is 5.87. The van der Waals surface area contributed by atoms with Gasteiger partial charge in [0.15, 0.2) is 0 Å². The minimum Gasteiger partial charge on any atom is -0.472 e. The van der Waals surface area contributed by atoms with Crippen molar-refractivity contribution in [1.82, 2.24) is 9.88 Å². The van der Waals surface area contributed by atoms with Crippen molar-refractivity contribution in [2.75, 3.05) is 26.3 Å². The number of nitrogens with two attached hydrogens (primary N) is 1. The van der Waals surface area contributed by atoms with Gasteiger partial charge in [-0.15, -0.1) is 0 Å². The number of nitrogens with zero attached hydrogens (tertiary/aromatic N) is 2. The number of amides is 2. The zero-order valence-electron chi connectivity index (χ0n) is 12.9. The Morgan fingerprint density at radius 2 is 2.09 bits per heavy atom. The Morgan fingerprint density at radius 1 is 1.30 bits per heavy atom. The number of carbonyl (C=O) groups excluding carboxylic acids is 2. The molecular formula is C16H21N3O4. The first-order valence-corrected chi connectivity index (χ1v) is 7.92. The molecule has 7 heteroatoms. The van der Waals surface area contributed by atoms with Crippen LogP contribution in [0.5, 0.6) is 5.88 Å². The van der Waals surface area contributed by atoms with E-state index >= 15 is 0 Å². The molecule has 1 aromatic heterocycles. The lowest BCUT2D eigenvalue weighted by Gasteiger charge is -2.30. The SMILES string of the molecule is NC(=O)C1CCN(C(=O)c2ccnc(OC3CCOC3)c2)CC1. The summed E-state index contributed by atoms with van der Waals surface area (Å²) in [5.74, 6) is -0.0329. The van der Waals surface area contributed by atoms with Crippen LogP contribution in [0.2, 0.25) is 0 Å². The van der Waals surface area contributed by atoms with Gasteiger partial charge in [0.05, 0.1) is 13.2 Å². The van der Waals surface area contributed by atoms with Gasteiger partial charge in [-0.05, 0) is 18.9 Å². The summed E-state index contributed by atoms with van der Waals surface area (Å²) < 4.78 is 11.0. The number of rotatable bonds is 4. The van der Waals surface area contributed by atoms with Crippen LogP contribution in [0.25, 0.3) is 0 Å². The maximum atomic E-state index is 12.6. The minimum atomic E-state index is -0.282. The van der Waals surface area contributed by atoms with Crippen LogP contribution in [0.1, 0.15) is 29.6 Å². The fraction of sp³-hybridized carbons (Fsp3) is 0.562. The van der Waals surface area contributed by atoms with Crippen molar-refractivity contribution in [2.24, 2.45) is 11.7 Å². The van der Waals surface area contributed by atoms with E-state index in [-0.39, 0.29) is 23.8 Å². The van der Waals surface area contributed by atoms with Crippen LogP contribution in [0, 0.1) is 5.92 Å². The number of carbonyl (C=O) groups is 2. The molecule has 7 nitrogen and oxygen atoms in total. The highest BCUT2D eigenvalue weighted by atomic mass is 16.5. The van der Waals surface area contributed by atoms with E-state index in [1.54, 1.807) is 23.2 Å².